The molecular formula is C16H22N4OS2. The molecule has 2 rings (SSSR count). The van der Waals surface area contributed by atoms with Gasteiger partial charge in [0.2, 0.25) is 11.0 Å². The Morgan fingerprint density at radius 1 is 1.26 bits per heavy atom. The van der Waals surface area contributed by atoms with Gasteiger partial charge in [-0.05, 0) is 30.9 Å². The zero-order valence-electron chi connectivity index (χ0n) is 14.0. The van der Waals surface area contributed by atoms with E-state index in [1.165, 1.54) is 23.1 Å². The maximum absolute atomic E-state index is 12.5. The first kappa shape index (κ1) is 17.7. The molecule has 0 aliphatic rings. The van der Waals surface area contributed by atoms with Gasteiger partial charge in [-0.2, -0.15) is 0 Å². The molecule has 2 aromatic rings. The summed E-state index contributed by atoms with van der Waals surface area (Å²) < 4.78 is 0.783. The van der Waals surface area contributed by atoms with Crippen LogP contribution in [0.3, 0.4) is 0 Å². The van der Waals surface area contributed by atoms with Crippen molar-refractivity contribution in [2.45, 2.75) is 43.2 Å². The second-order valence-electron chi connectivity index (χ2n) is 5.57. The van der Waals surface area contributed by atoms with Crippen LogP contribution in [-0.2, 0) is 4.79 Å². The van der Waals surface area contributed by atoms with Crippen LogP contribution in [-0.4, -0.2) is 28.4 Å². The van der Waals surface area contributed by atoms with Crippen molar-refractivity contribution in [1.29, 1.82) is 0 Å². The number of para-hydroxylation sites is 1. The van der Waals surface area contributed by atoms with E-state index in [9.17, 15) is 4.79 Å². The lowest BCUT2D eigenvalue weighted by Crippen LogP contribution is -2.23. The van der Waals surface area contributed by atoms with Crippen LogP contribution in [0.15, 0.2) is 22.5 Å². The summed E-state index contributed by atoms with van der Waals surface area (Å²) in [6, 6.07) is 6.11. The molecule has 5 nitrogen and oxygen atoms in total. The highest BCUT2D eigenvalue weighted by atomic mass is 32.2. The van der Waals surface area contributed by atoms with Crippen molar-refractivity contribution in [2.24, 2.45) is 0 Å². The molecule has 2 N–H and O–H groups in total. The van der Waals surface area contributed by atoms with Gasteiger partial charge in [-0.25, -0.2) is 0 Å². The third-order valence-electron chi connectivity index (χ3n) is 3.44. The lowest BCUT2D eigenvalue weighted by Gasteiger charge is -2.18. The van der Waals surface area contributed by atoms with Crippen molar-refractivity contribution in [1.82, 2.24) is 10.2 Å². The maximum Gasteiger partial charge on any atom is 0.237 e. The minimum atomic E-state index is -0.243. The second-order valence-corrected chi connectivity index (χ2v) is 8.13. The summed E-state index contributed by atoms with van der Waals surface area (Å²) in [7, 11) is 1.80. The van der Waals surface area contributed by atoms with Crippen LogP contribution < -0.4 is 10.6 Å². The van der Waals surface area contributed by atoms with E-state index in [1.807, 2.05) is 26.0 Å². The fourth-order valence-electron chi connectivity index (χ4n) is 2.13. The summed E-state index contributed by atoms with van der Waals surface area (Å²) in [4.78, 5) is 12.5. The summed E-state index contributed by atoms with van der Waals surface area (Å²) >= 11 is 2.87. The largest absolute Gasteiger partial charge is 0.363 e. The van der Waals surface area contributed by atoms with Crippen LogP contribution in [0.5, 0.6) is 0 Å². The molecule has 0 spiro atoms. The number of carbonyl (C=O) groups is 1. The number of aromatic nitrogens is 2. The van der Waals surface area contributed by atoms with Gasteiger partial charge in [0.1, 0.15) is 0 Å². The molecule has 0 saturated carbocycles. The van der Waals surface area contributed by atoms with Gasteiger partial charge < -0.3 is 10.6 Å². The first-order valence-corrected chi connectivity index (χ1v) is 9.20. The molecule has 7 heteroatoms. The first-order valence-electron chi connectivity index (χ1n) is 7.50. The third-order valence-corrected chi connectivity index (χ3v) is 5.57. The molecule has 23 heavy (non-hydrogen) atoms. The zero-order chi connectivity index (χ0) is 17.0. The van der Waals surface area contributed by atoms with Gasteiger partial charge >= 0.3 is 0 Å². The minimum Gasteiger partial charge on any atom is -0.363 e. The summed E-state index contributed by atoms with van der Waals surface area (Å²) in [6.07, 6.45) is 0. The predicted octanol–water partition coefficient (Wildman–Crippen LogP) is 4.13. The van der Waals surface area contributed by atoms with E-state index < -0.39 is 0 Å². The highest BCUT2D eigenvalue weighted by molar-refractivity contribution is 8.02. The highest BCUT2D eigenvalue weighted by Crippen LogP contribution is 2.31. The fourth-order valence-corrected chi connectivity index (χ4v) is 3.98. The van der Waals surface area contributed by atoms with Gasteiger partial charge in [0, 0.05) is 12.7 Å². The number of hydrogen-bond donors (Lipinski definition) is 2. The van der Waals surface area contributed by atoms with Gasteiger partial charge in [-0.15, -0.1) is 10.2 Å². The number of anilines is 2. The number of aryl methyl sites for hydroxylation is 1. The number of nitrogens with zero attached hydrogens (tertiary/aromatic N) is 2. The van der Waals surface area contributed by atoms with Crippen LogP contribution >= 0.6 is 23.1 Å². The molecule has 0 radical (unpaired) electrons. The van der Waals surface area contributed by atoms with E-state index in [4.69, 9.17) is 0 Å². The number of thioether (sulfide) groups is 1. The Bertz CT molecular complexity index is 684. The van der Waals surface area contributed by atoms with Gasteiger partial charge in [0.25, 0.3) is 0 Å². The Balaban J connectivity index is 2.09. The molecule has 1 heterocycles. The van der Waals surface area contributed by atoms with E-state index in [1.54, 1.807) is 7.05 Å². The molecular weight excluding hydrogens is 328 g/mol. The summed E-state index contributed by atoms with van der Waals surface area (Å²) in [6.45, 7) is 8.16. The van der Waals surface area contributed by atoms with Crippen molar-refractivity contribution in [3.63, 3.8) is 0 Å². The van der Waals surface area contributed by atoms with Crippen molar-refractivity contribution < 1.29 is 4.79 Å². The van der Waals surface area contributed by atoms with Gasteiger partial charge in [0.15, 0.2) is 4.34 Å². The molecule has 124 valence electrons. The second kappa shape index (κ2) is 7.79. The number of benzene rings is 1. The van der Waals surface area contributed by atoms with Crippen LogP contribution in [0, 0.1) is 6.92 Å². The van der Waals surface area contributed by atoms with Crippen molar-refractivity contribution in [3.8, 4) is 0 Å². The minimum absolute atomic E-state index is 0.0209. The smallest absolute Gasteiger partial charge is 0.237 e. The molecule has 0 aliphatic carbocycles. The lowest BCUT2D eigenvalue weighted by molar-refractivity contribution is -0.115. The van der Waals surface area contributed by atoms with Gasteiger partial charge in [-0.3, -0.25) is 4.79 Å². The molecule has 1 aromatic carbocycles. The Morgan fingerprint density at radius 2 is 2.00 bits per heavy atom. The normalized spacial score (nSPS) is 12.3. The third kappa shape index (κ3) is 4.45. The predicted molar refractivity (Wildman–Crippen MR) is 98.7 cm³/mol. The van der Waals surface area contributed by atoms with Crippen LogP contribution in [0.4, 0.5) is 10.8 Å². The lowest BCUT2D eigenvalue weighted by atomic mass is 9.98. The fraction of sp³-hybridized carbons (Fsp3) is 0.438. The number of carbonyl (C=O) groups excluding carboxylic acids is 1. The first-order chi connectivity index (χ1) is 10.9. The van der Waals surface area contributed by atoms with E-state index in [0.717, 1.165) is 26.3 Å². The number of rotatable bonds is 6. The SMILES string of the molecule is CNc1nnc(S[C@H](C)C(=O)Nc2c(C)cccc2C(C)C)s1. The summed E-state index contributed by atoms with van der Waals surface area (Å²) in [5.74, 6) is 0.335. The Labute approximate surface area is 145 Å². The molecule has 0 aliphatic heterocycles. The quantitative estimate of drug-likeness (QED) is 0.767. The molecule has 0 saturated heterocycles. The summed E-state index contributed by atoms with van der Waals surface area (Å²) in [5.41, 5.74) is 3.16. The maximum atomic E-state index is 12.5. The highest BCUT2D eigenvalue weighted by Gasteiger charge is 2.19. The van der Waals surface area contributed by atoms with Crippen molar-refractivity contribution in [2.75, 3.05) is 17.7 Å². The van der Waals surface area contributed by atoms with Crippen LogP contribution in [0.2, 0.25) is 0 Å². The Kier molecular flexibility index (Phi) is 6.01. The molecule has 1 atom stereocenters. The molecule has 0 unspecified atom stereocenters. The van der Waals surface area contributed by atoms with Gasteiger partial charge in [-0.1, -0.05) is 55.1 Å². The monoisotopic (exact) mass is 350 g/mol. The van der Waals surface area contributed by atoms with Gasteiger partial charge in [0.05, 0.1) is 5.25 Å². The summed E-state index contributed by atoms with van der Waals surface area (Å²) in [5, 5.41) is 14.6. The number of hydrogen-bond acceptors (Lipinski definition) is 6. The van der Waals surface area contributed by atoms with E-state index in [0.29, 0.717) is 5.92 Å². The van der Waals surface area contributed by atoms with E-state index in [2.05, 4.69) is 40.7 Å². The van der Waals surface area contributed by atoms with Crippen LogP contribution in [0.1, 0.15) is 37.8 Å². The average Bonchev–Trinajstić information content (AvgIpc) is 2.96. The van der Waals surface area contributed by atoms with E-state index in [-0.39, 0.29) is 11.2 Å². The standard InChI is InChI=1S/C16H22N4OS2/c1-9(2)12-8-6-7-10(3)13(12)18-14(21)11(4)22-16-20-19-15(17-5)23-16/h6-9,11H,1-5H3,(H,17,19)(H,18,21)/t11-/m1/s1. The van der Waals surface area contributed by atoms with E-state index >= 15 is 0 Å². The zero-order valence-corrected chi connectivity index (χ0v) is 15.6. The van der Waals surface area contributed by atoms with Crippen molar-refractivity contribution in [3.05, 3.63) is 29.3 Å². The molecule has 0 bridgehead atoms. The average molecular weight is 351 g/mol. The number of nitrogens with one attached hydrogen (secondary N) is 2. The Hall–Kier alpha value is -1.60. The molecule has 0 fully saturated rings. The molecule has 1 amide bonds. The van der Waals surface area contributed by atoms with Crippen LogP contribution in [0.25, 0.3) is 0 Å². The van der Waals surface area contributed by atoms with Crippen molar-refractivity contribution >= 4 is 39.8 Å². The molecule has 1 aromatic heterocycles. The topological polar surface area (TPSA) is 66.9 Å². The Morgan fingerprint density at radius 3 is 2.61 bits per heavy atom. The number of amides is 1.